The van der Waals surface area contributed by atoms with Gasteiger partial charge in [0.1, 0.15) is 53.4 Å². The second-order valence-corrected chi connectivity index (χ2v) is 21.4. The maximum atomic E-state index is 12.3. The summed E-state index contributed by atoms with van der Waals surface area (Å²) < 4.78 is 29.8. The molecule has 5 N–H and O–H groups in total. The lowest BCUT2D eigenvalue weighted by Crippen LogP contribution is -2.66. The van der Waals surface area contributed by atoms with E-state index in [0.29, 0.717) is 22.1 Å². The molecule has 14 heteroatoms. The molecular formula is C26H43N7O5Si2. The summed E-state index contributed by atoms with van der Waals surface area (Å²) >= 11 is 0. The SMILES string of the molecule is CC(C)[Si]1(C(C)C)OC[C@H]2O[C@@H](n3c4ncnc(N)c4c4c(N)ncnc43)[C@](C)(O)[C@@H]2O[Si](C(C)C)(C(C)C)O1. The topological polar surface area (TPSA) is 166 Å². The predicted molar refractivity (Wildman–Crippen MR) is 158 cm³/mol. The minimum Gasteiger partial charge on any atom is -0.414 e. The van der Waals surface area contributed by atoms with Gasteiger partial charge in [0.2, 0.25) is 0 Å². The van der Waals surface area contributed by atoms with Crippen LogP contribution in [0.15, 0.2) is 12.7 Å². The largest absolute Gasteiger partial charge is 0.414 e. The van der Waals surface area contributed by atoms with Crippen LogP contribution in [0.1, 0.15) is 68.5 Å². The van der Waals surface area contributed by atoms with Crippen LogP contribution >= 0.6 is 0 Å². The number of hydrogen-bond acceptors (Lipinski definition) is 11. The van der Waals surface area contributed by atoms with Gasteiger partial charge in [0, 0.05) is 0 Å². The van der Waals surface area contributed by atoms with Crippen molar-refractivity contribution in [3.8, 4) is 0 Å². The Hall–Kier alpha value is -2.21. The molecular weight excluding hydrogens is 547 g/mol. The van der Waals surface area contributed by atoms with E-state index in [1.165, 1.54) is 12.7 Å². The summed E-state index contributed by atoms with van der Waals surface area (Å²) in [5.74, 6) is 0.477. The molecule has 0 bridgehead atoms. The number of fused-ring (bicyclic) bond motifs is 4. The molecule has 2 fully saturated rings. The Kier molecular flexibility index (Phi) is 7.29. The van der Waals surface area contributed by atoms with Crippen molar-refractivity contribution in [3.05, 3.63) is 12.7 Å². The molecule has 2 aliphatic heterocycles. The van der Waals surface area contributed by atoms with Gasteiger partial charge in [-0.05, 0) is 29.1 Å². The number of nitrogens with two attached hydrogens (primary N) is 2. The monoisotopic (exact) mass is 589 g/mol. The van der Waals surface area contributed by atoms with Crippen molar-refractivity contribution in [2.45, 2.75) is 109 Å². The summed E-state index contributed by atoms with van der Waals surface area (Å²) in [6.07, 6.45) is 0.512. The van der Waals surface area contributed by atoms with E-state index in [1.54, 1.807) is 11.5 Å². The molecule has 220 valence electrons. The Bertz CT molecular complexity index is 1340. The summed E-state index contributed by atoms with van der Waals surface area (Å²) in [6.45, 7) is 19.2. The Morgan fingerprint density at radius 2 is 1.32 bits per heavy atom. The normalized spacial score (nSPS) is 28.6. The number of aromatic nitrogens is 5. The van der Waals surface area contributed by atoms with Gasteiger partial charge in [-0.3, -0.25) is 4.57 Å². The van der Waals surface area contributed by atoms with E-state index in [0.717, 1.165) is 0 Å². The van der Waals surface area contributed by atoms with Crippen LogP contribution in [-0.2, 0) is 17.7 Å². The molecule has 12 nitrogen and oxygen atoms in total. The van der Waals surface area contributed by atoms with Gasteiger partial charge in [0.15, 0.2) is 6.23 Å². The first-order valence-corrected chi connectivity index (χ1v) is 18.0. The zero-order chi connectivity index (χ0) is 29.4. The van der Waals surface area contributed by atoms with Crippen LogP contribution in [0.3, 0.4) is 0 Å². The minimum absolute atomic E-state index is 0.0994. The molecule has 0 aliphatic carbocycles. The standard InChI is InChI=1S/C26H43N7O5Si2/c1-13(2)39(14(3)4)35-10-17-20(37-40(38-39,15(5)6)16(7)8)26(9,34)25(36-17)33-23-18(21(27)29-11-31-23)19-22(28)30-12-32-24(19)33/h11-17,20,25,34H,10H2,1-9H3,(H2,27,29,31)(H2,28,30,32)/t17-,20-,25-,26-/m1/s1. The fourth-order valence-electron chi connectivity index (χ4n) is 6.61. The molecule has 0 radical (unpaired) electrons. The van der Waals surface area contributed by atoms with Crippen LogP contribution in [0.25, 0.3) is 22.1 Å². The summed E-state index contributed by atoms with van der Waals surface area (Å²) in [6, 6.07) is 0. The Morgan fingerprint density at radius 3 is 1.77 bits per heavy atom. The fraction of sp³-hybridized carbons (Fsp3) is 0.692. The molecule has 4 atom stereocenters. The molecule has 0 saturated carbocycles. The second kappa shape index (κ2) is 9.96. The number of nitrogens with zero attached hydrogens (tertiary/aromatic N) is 5. The van der Waals surface area contributed by atoms with Gasteiger partial charge >= 0.3 is 17.1 Å². The summed E-state index contributed by atoms with van der Waals surface area (Å²) in [5.41, 5.74) is 12.5. The maximum Gasteiger partial charge on any atom is 0.335 e. The average Bonchev–Trinajstić information content (AvgIpc) is 3.30. The number of hydrogen-bond donors (Lipinski definition) is 3. The van der Waals surface area contributed by atoms with Crippen LogP contribution in [0, 0.1) is 0 Å². The number of ether oxygens (including phenoxy) is 1. The maximum absolute atomic E-state index is 12.3. The highest BCUT2D eigenvalue weighted by molar-refractivity contribution is 6.84. The Morgan fingerprint density at radius 1 is 0.850 bits per heavy atom. The van der Waals surface area contributed by atoms with Crippen LogP contribution < -0.4 is 11.5 Å². The predicted octanol–water partition coefficient (Wildman–Crippen LogP) is 4.14. The van der Waals surface area contributed by atoms with Crippen LogP contribution in [0.4, 0.5) is 11.6 Å². The minimum atomic E-state index is -3.00. The molecule has 0 amide bonds. The van der Waals surface area contributed by atoms with E-state index < -0.39 is 41.2 Å². The molecule has 0 unspecified atom stereocenters. The lowest BCUT2D eigenvalue weighted by atomic mass is 9.96. The van der Waals surface area contributed by atoms with Crippen molar-refractivity contribution < 1.29 is 22.8 Å². The summed E-state index contributed by atoms with van der Waals surface area (Å²) in [7, 11) is -5.78. The van der Waals surface area contributed by atoms with Crippen LogP contribution in [-0.4, -0.2) is 71.1 Å². The smallest absolute Gasteiger partial charge is 0.335 e. The molecule has 2 aliphatic rings. The van der Waals surface area contributed by atoms with Crippen molar-refractivity contribution in [2.75, 3.05) is 18.1 Å². The first-order chi connectivity index (χ1) is 18.7. The number of anilines is 2. The van der Waals surface area contributed by atoms with E-state index in [1.807, 2.05) is 0 Å². The lowest BCUT2D eigenvalue weighted by molar-refractivity contribution is -0.0919. The van der Waals surface area contributed by atoms with Gasteiger partial charge in [-0.1, -0.05) is 55.4 Å². The third-order valence-electron chi connectivity index (χ3n) is 8.69. The second-order valence-electron chi connectivity index (χ2n) is 12.6. The number of nitrogen functional groups attached to an aromatic ring is 2. The molecule has 3 aromatic heterocycles. The van der Waals surface area contributed by atoms with Crippen molar-refractivity contribution in [1.82, 2.24) is 24.5 Å². The van der Waals surface area contributed by atoms with E-state index in [4.69, 9.17) is 29.2 Å². The van der Waals surface area contributed by atoms with Crippen LogP contribution in [0.2, 0.25) is 22.2 Å². The van der Waals surface area contributed by atoms with Gasteiger partial charge in [0.05, 0.1) is 17.4 Å². The summed E-state index contributed by atoms with van der Waals surface area (Å²) in [4.78, 5) is 17.4. The highest BCUT2D eigenvalue weighted by Gasteiger charge is 2.64. The first kappa shape index (κ1) is 29.3. The molecule has 0 spiro atoms. The van der Waals surface area contributed by atoms with Crippen molar-refractivity contribution in [1.29, 1.82) is 0 Å². The number of aliphatic hydroxyl groups is 1. The molecule has 3 aromatic rings. The highest BCUT2D eigenvalue weighted by Crippen LogP contribution is 2.51. The molecule has 5 rings (SSSR count). The molecule has 0 aromatic carbocycles. The van der Waals surface area contributed by atoms with E-state index >= 15 is 0 Å². The highest BCUT2D eigenvalue weighted by atomic mass is 28.5. The third-order valence-corrected chi connectivity index (χ3v) is 18.9. The Labute approximate surface area is 237 Å². The van der Waals surface area contributed by atoms with Gasteiger partial charge < -0.3 is 34.3 Å². The van der Waals surface area contributed by atoms with Gasteiger partial charge in [0.25, 0.3) is 0 Å². The molecule has 2 saturated heterocycles. The lowest BCUT2D eigenvalue weighted by Gasteiger charge is -2.52. The van der Waals surface area contributed by atoms with E-state index in [9.17, 15) is 5.11 Å². The molecule has 5 heterocycles. The van der Waals surface area contributed by atoms with Crippen molar-refractivity contribution >= 4 is 50.8 Å². The van der Waals surface area contributed by atoms with Crippen molar-refractivity contribution in [2.24, 2.45) is 0 Å². The zero-order valence-corrected chi connectivity index (χ0v) is 26.9. The quantitative estimate of drug-likeness (QED) is 0.366. The zero-order valence-electron chi connectivity index (χ0n) is 24.9. The average molecular weight is 590 g/mol. The van der Waals surface area contributed by atoms with E-state index in [2.05, 4.69) is 75.3 Å². The first-order valence-electron chi connectivity index (χ1n) is 14.1. The van der Waals surface area contributed by atoms with Crippen molar-refractivity contribution in [3.63, 3.8) is 0 Å². The fourth-order valence-corrected chi connectivity index (χ4v) is 17.9. The van der Waals surface area contributed by atoms with Gasteiger partial charge in [-0.2, -0.15) is 0 Å². The van der Waals surface area contributed by atoms with E-state index in [-0.39, 0.29) is 40.4 Å². The third kappa shape index (κ3) is 4.10. The molecule has 40 heavy (non-hydrogen) atoms. The van der Waals surface area contributed by atoms with Crippen LogP contribution in [0.5, 0.6) is 0 Å². The summed E-state index contributed by atoms with van der Waals surface area (Å²) in [5, 5.41) is 13.4. The number of rotatable bonds is 5. The Balaban J connectivity index is 1.70. The van der Waals surface area contributed by atoms with Gasteiger partial charge in [-0.25, -0.2) is 19.9 Å². The van der Waals surface area contributed by atoms with Gasteiger partial charge in [-0.15, -0.1) is 0 Å².